The molecule has 0 aliphatic carbocycles. The molecule has 0 aromatic heterocycles. The Morgan fingerprint density at radius 1 is 1.62 bits per heavy atom. The van der Waals surface area contributed by atoms with E-state index in [1.165, 1.54) is 25.3 Å². The Hall–Kier alpha value is -1.29. The maximum atomic E-state index is 12.9. The summed E-state index contributed by atoms with van der Waals surface area (Å²) in [6.07, 6.45) is 0. The van der Waals surface area contributed by atoms with Gasteiger partial charge in [0.05, 0.1) is 12.8 Å². The highest BCUT2D eigenvalue weighted by atomic mass is 35.5. The van der Waals surface area contributed by atoms with Crippen molar-refractivity contribution in [3.8, 4) is 5.75 Å². The normalized spacial score (nSPS) is 12.0. The van der Waals surface area contributed by atoms with Gasteiger partial charge in [-0.1, -0.05) is 6.92 Å². The molecule has 0 saturated heterocycles. The predicted octanol–water partition coefficient (Wildman–Crippen LogP) is 2.65. The summed E-state index contributed by atoms with van der Waals surface area (Å²) < 4.78 is 17.8. The van der Waals surface area contributed by atoms with Crippen molar-refractivity contribution in [2.45, 2.75) is 6.92 Å². The van der Waals surface area contributed by atoms with Gasteiger partial charge in [0, 0.05) is 17.9 Å². The zero-order chi connectivity index (χ0) is 12.1. The summed E-state index contributed by atoms with van der Waals surface area (Å²) in [4.78, 5) is 11.6. The summed E-state index contributed by atoms with van der Waals surface area (Å²) in [5, 5.41) is 2.62. The summed E-state index contributed by atoms with van der Waals surface area (Å²) >= 11 is 5.56. The van der Waals surface area contributed by atoms with E-state index in [-0.39, 0.29) is 23.5 Å². The Bertz CT molecular complexity index is 384. The number of anilines is 1. The molecule has 1 rings (SSSR count). The Morgan fingerprint density at radius 3 is 2.88 bits per heavy atom. The highest BCUT2D eigenvalue weighted by molar-refractivity contribution is 6.19. The quantitative estimate of drug-likeness (QED) is 0.829. The van der Waals surface area contributed by atoms with Crippen LogP contribution in [0.25, 0.3) is 0 Å². The summed E-state index contributed by atoms with van der Waals surface area (Å²) in [5.41, 5.74) is 0.436. The Morgan fingerprint density at radius 2 is 2.31 bits per heavy atom. The monoisotopic (exact) mass is 245 g/mol. The third kappa shape index (κ3) is 3.10. The van der Waals surface area contributed by atoms with Gasteiger partial charge in [-0.05, 0) is 12.1 Å². The fourth-order valence-corrected chi connectivity index (χ4v) is 1.23. The van der Waals surface area contributed by atoms with E-state index in [9.17, 15) is 9.18 Å². The maximum Gasteiger partial charge on any atom is 0.228 e. The average Bonchev–Trinajstić information content (AvgIpc) is 2.30. The molecular weight excluding hydrogens is 233 g/mol. The molecular formula is C11H13ClFNO2. The number of carbonyl (C=O) groups excluding carboxylic acids is 1. The van der Waals surface area contributed by atoms with Crippen molar-refractivity contribution in [3.05, 3.63) is 24.0 Å². The summed E-state index contributed by atoms with van der Waals surface area (Å²) in [6.45, 7) is 1.71. The number of alkyl halides is 1. The van der Waals surface area contributed by atoms with Gasteiger partial charge in [0.15, 0.2) is 0 Å². The summed E-state index contributed by atoms with van der Waals surface area (Å²) in [6, 6.07) is 3.91. The molecule has 0 saturated carbocycles. The molecule has 0 aliphatic heterocycles. The Labute approximate surface area is 98.5 Å². The summed E-state index contributed by atoms with van der Waals surface area (Å²) in [7, 11) is 1.41. The van der Waals surface area contributed by atoms with Gasteiger partial charge in [0.25, 0.3) is 0 Å². The van der Waals surface area contributed by atoms with E-state index < -0.39 is 5.82 Å². The molecule has 16 heavy (non-hydrogen) atoms. The van der Waals surface area contributed by atoms with Crippen molar-refractivity contribution in [3.63, 3.8) is 0 Å². The topological polar surface area (TPSA) is 38.3 Å². The number of carbonyl (C=O) groups is 1. The van der Waals surface area contributed by atoms with Crippen LogP contribution in [-0.4, -0.2) is 18.9 Å². The number of ether oxygens (including phenoxy) is 1. The van der Waals surface area contributed by atoms with Gasteiger partial charge in [-0.2, -0.15) is 0 Å². The van der Waals surface area contributed by atoms with Gasteiger partial charge in [0.2, 0.25) is 5.91 Å². The highest BCUT2D eigenvalue weighted by Gasteiger charge is 2.14. The maximum absolute atomic E-state index is 12.9. The molecule has 1 unspecified atom stereocenters. The standard InChI is InChI=1S/C11H13ClFNO2/c1-7(6-12)11(15)14-9-4-3-8(13)5-10(9)16-2/h3-5,7H,6H2,1-2H3,(H,14,15). The van der Waals surface area contributed by atoms with Gasteiger partial charge in [-0.15, -0.1) is 11.6 Å². The van der Waals surface area contributed by atoms with Crippen molar-refractivity contribution < 1.29 is 13.9 Å². The lowest BCUT2D eigenvalue weighted by Gasteiger charge is -2.12. The highest BCUT2D eigenvalue weighted by Crippen LogP contribution is 2.25. The molecule has 1 atom stereocenters. The van der Waals surface area contributed by atoms with Crippen LogP contribution in [0, 0.1) is 11.7 Å². The van der Waals surface area contributed by atoms with Gasteiger partial charge >= 0.3 is 0 Å². The molecule has 5 heteroatoms. The smallest absolute Gasteiger partial charge is 0.228 e. The third-order valence-corrected chi connectivity index (χ3v) is 2.56. The number of nitrogens with one attached hydrogen (secondary N) is 1. The van der Waals surface area contributed by atoms with Crippen LogP contribution in [0.4, 0.5) is 10.1 Å². The first-order valence-electron chi connectivity index (χ1n) is 4.79. The van der Waals surface area contributed by atoms with E-state index in [4.69, 9.17) is 16.3 Å². The van der Waals surface area contributed by atoms with Gasteiger partial charge in [0.1, 0.15) is 11.6 Å². The number of benzene rings is 1. The molecule has 1 N–H and O–H groups in total. The molecule has 0 fully saturated rings. The van der Waals surface area contributed by atoms with Crippen LogP contribution in [0.5, 0.6) is 5.75 Å². The predicted molar refractivity (Wildman–Crippen MR) is 61.5 cm³/mol. The van der Waals surface area contributed by atoms with Crippen LogP contribution in [-0.2, 0) is 4.79 Å². The second-order valence-corrected chi connectivity index (χ2v) is 3.70. The number of hydrogen-bond donors (Lipinski definition) is 1. The van der Waals surface area contributed by atoms with E-state index >= 15 is 0 Å². The zero-order valence-electron chi connectivity index (χ0n) is 9.09. The molecule has 1 amide bonds. The number of rotatable bonds is 4. The lowest BCUT2D eigenvalue weighted by Crippen LogP contribution is -2.21. The SMILES string of the molecule is COc1cc(F)ccc1NC(=O)C(C)CCl. The van der Waals surface area contributed by atoms with Gasteiger partial charge in [-0.3, -0.25) is 4.79 Å². The molecule has 0 radical (unpaired) electrons. The van der Waals surface area contributed by atoms with Crippen LogP contribution in [0.3, 0.4) is 0 Å². The fourth-order valence-electron chi connectivity index (χ4n) is 1.09. The van der Waals surface area contributed by atoms with Crippen molar-refractivity contribution in [1.29, 1.82) is 0 Å². The Kier molecular flexibility index (Phi) is 4.55. The largest absolute Gasteiger partial charge is 0.494 e. The molecule has 88 valence electrons. The van der Waals surface area contributed by atoms with Crippen LogP contribution in [0.1, 0.15) is 6.92 Å². The van der Waals surface area contributed by atoms with Gasteiger partial charge < -0.3 is 10.1 Å². The van der Waals surface area contributed by atoms with Crippen LogP contribution in [0.2, 0.25) is 0 Å². The third-order valence-electron chi connectivity index (χ3n) is 2.10. The minimum atomic E-state index is -0.416. The lowest BCUT2D eigenvalue weighted by atomic mass is 10.2. The molecule has 1 aromatic rings. The molecule has 3 nitrogen and oxygen atoms in total. The van der Waals surface area contributed by atoms with E-state index in [2.05, 4.69) is 5.32 Å². The second kappa shape index (κ2) is 5.70. The van der Waals surface area contributed by atoms with E-state index in [1.807, 2.05) is 0 Å². The minimum Gasteiger partial charge on any atom is -0.494 e. The van der Waals surface area contributed by atoms with Crippen molar-refractivity contribution in [2.75, 3.05) is 18.3 Å². The molecule has 0 heterocycles. The molecule has 1 aromatic carbocycles. The van der Waals surface area contributed by atoms with E-state index in [0.29, 0.717) is 5.69 Å². The Balaban J connectivity index is 2.84. The summed E-state index contributed by atoms with van der Waals surface area (Å²) in [5.74, 6) is -0.429. The molecule has 0 spiro atoms. The zero-order valence-corrected chi connectivity index (χ0v) is 9.84. The number of methoxy groups -OCH3 is 1. The van der Waals surface area contributed by atoms with Crippen molar-refractivity contribution in [2.24, 2.45) is 5.92 Å². The van der Waals surface area contributed by atoms with E-state index in [0.717, 1.165) is 0 Å². The average molecular weight is 246 g/mol. The van der Waals surface area contributed by atoms with Gasteiger partial charge in [-0.25, -0.2) is 4.39 Å². The van der Waals surface area contributed by atoms with Crippen LogP contribution in [0.15, 0.2) is 18.2 Å². The fraction of sp³-hybridized carbons (Fsp3) is 0.364. The van der Waals surface area contributed by atoms with Crippen LogP contribution >= 0.6 is 11.6 Å². The van der Waals surface area contributed by atoms with Crippen molar-refractivity contribution in [1.82, 2.24) is 0 Å². The first-order chi connectivity index (χ1) is 7.58. The second-order valence-electron chi connectivity index (χ2n) is 3.39. The van der Waals surface area contributed by atoms with Crippen LogP contribution < -0.4 is 10.1 Å². The molecule has 0 aliphatic rings. The first-order valence-corrected chi connectivity index (χ1v) is 5.32. The molecule has 0 bridgehead atoms. The number of hydrogen-bond acceptors (Lipinski definition) is 2. The number of halogens is 2. The number of amides is 1. The van der Waals surface area contributed by atoms with Crippen molar-refractivity contribution >= 4 is 23.2 Å². The first kappa shape index (κ1) is 12.8. The minimum absolute atomic E-state index is 0.222. The lowest BCUT2D eigenvalue weighted by molar-refractivity contribution is -0.118. The van der Waals surface area contributed by atoms with E-state index in [1.54, 1.807) is 6.92 Å².